The molecule has 0 fully saturated rings. The van der Waals surface area contributed by atoms with Gasteiger partial charge in [-0.25, -0.2) is 0 Å². The first-order valence-corrected chi connectivity index (χ1v) is 6.15. The summed E-state index contributed by atoms with van der Waals surface area (Å²) in [6.45, 7) is 1.08. The summed E-state index contributed by atoms with van der Waals surface area (Å²) in [5.74, 6) is -0.833. The summed E-state index contributed by atoms with van der Waals surface area (Å²) in [7, 11) is 0. The summed E-state index contributed by atoms with van der Waals surface area (Å²) in [5.41, 5.74) is 0. The van der Waals surface area contributed by atoms with E-state index in [1.165, 1.54) is 0 Å². The van der Waals surface area contributed by atoms with E-state index >= 15 is 0 Å². The van der Waals surface area contributed by atoms with Crippen LogP contribution in [0.15, 0.2) is 0 Å². The van der Waals surface area contributed by atoms with Crippen LogP contribution in [-0.2, 0) is 11.0 Å². The Kier molecular flexibility index (Phi) is 6.97. The molecule has 0 saturated heterocycles. The zero-order valence-corrected chi connectivity index (χ0v) is 7.84. The molecule has 0 aliphatic rings. The van der Waals surface area contributed by atoms with Crippen LogP contribution in [0.25, 0.3) is 0 Å². The first-order valence-electron chi connectivity index (χ1n) is 1.85. The van der Waals surface area contributed by atoms with Gasteiger partial charge in [-0.05, 0) is 0 Å². The van der Waals surface area contributed by atoms with Gasteiger partial charge in [-0.1, -0.05) is 0 Å². The van der Waals surface area contributed by atoms with Gasteiger partial charge >= 0.3 is 45.6 Å². The quantitative estimate of drug-likeness (QED) is 0.355. The van der Waals surface area contributed by atoms with Crippen molar-refractivity contribution in [3.63, 3.8) is 0 Å². The number of hydrogen-bond donors (Lipinski definition) is 2. The summed E-state index contributed by atoms with van der Waals surface area (Å²) in [5, 5.41) is 7.42. The molecule has 0 spiro atoms. The van der Waals surface area contributed by atoms with Crippen molar-refractivity contribution < 1.29 is 22.9 Å². The van der Waals surface area contributed by atoms with E-state index in [0.29, 0.717) is 0 Å². The molecular weight excluding hydrogens is 159 g/mol. The SMILES string of the molecule is CC(=O)O.O=[S](=O)(O)[Na]. The summed E-state index contributed by atoms with van der Waals surface area (Å²) < 4.78 is 26.1. The summed E-state index contributed by atoms with van der Waals surface area (Å²) >= 11 is -0.164. The molecule has 0 amide bonds. The molecule has 0 aliphatic carbocycles. The van der Waals surface area contributed by atoms with Gasteiger partial charge in [0.1, 0.15) is 0 Å². The zero-order chi connectivity index (χ0) is 8.08. The Morgan fingerprint density at radius 2 is 1.56 bits per heavy atom. The second-order valence-corrected chi connectivity index (χ2v) is 5.81. The van der Waals surface area contributed by atoms with Crippen molar-refractivity contribution in [1.82, 2.24) is 0 Å². The Balaban J connectivity index is 0. The second-order valence-electron chi connectivity index (χ2n) is 1.25. The molecule has 0 heterocycles. The van der Waals surface area contributed by atoms with Crippen LogP contribution in [0, 0.1) is 0 Å². The molecule has 0 unspecified atom stereocenters. The molecule has 5 nitrogen and oxygen atoms in total. The van der Waals surface area contributed by atoms with E-state index in [4.69, 9.17) is 14.5 Å². The average Bonchev–Trinajstić information content (AvgIpc) is 1.19. The Bertz CT molecular complexity index is 157. The predicted molar refractivity (Wildman–Crippen MR) is 30.6 cm³/mol. The molecule has 0 aromatic rings. The topological polar surface area (TPSA) is 91.7 Å². The van der Waals surface area contributed by atoms with E-state index < -0.39 is 12.2 Å². The van der Waals surface area contributed by atoms with Crippen LogP contribution in [0.5, 0.6) is 0 Å². The Hall–Kier alpha value is 0.380. The van der Waals surface area contributed by atoms with Crippen molar-refractivity contribution in [3.05, 3.63) is 0 Å². The normalized spacial score (nSPS) is 9.33. The second kappa shape index (κ2) is 5.19. The van der Waals surface area contributed by atoms with Crippen molar-refractivity contribution in [2.75, 3.05) is 0 Å². The number of rotatable bonds is 0. The fourth-order valence-corrected chi connectivity index (χ4v) is 0. The van der Waals surface area contributed by atoms with Crippen molar-refractivity contribution in [1.29, 1.82) is 0 Å². The first kappa shape index (κ1) is 12.1. The monoisotopic (exact) mass is 164 g/mol. The molecule has 0 saturated carbocycles. The van der Waals surface area contributed by atoms with Crippen molar-refractivity contribution in [2.45, 2.75) is 6.92 Å². The molecule has 0 aliphatic heterocycles. The van der Waals surface area contributed by atoms with Crippen LogP contribution >= 0.6 is 0 Å². The van der Waals surface area contributed by atoms with Crippen LogP contribution < -0.4 is 0 Å². The first-order chi connectivity index (χ1) is 3.73. The number of carbonyl (C=O) groups is 1. The van der Waals surface area contributed by atoms with Gasteiger partial charge in [0.2, 0.25) is 0 Å². The third-order valence-corrected chi connectivity index (χ3v) is 0. The van der Waals surface area contributed by atoms with Gasteiger partial charge in [0, 0.05) is 6.92 Å². The van der Waals surface area contributed by atoms with E-state index in [0.717, 1.165) is 6.92 Å². The van der Waals surface area contributed by atoms with E-state index in [1.807, 2.05) is 0 Å². The average molecular weight is 164 g/mol. The fourth-order valence-electron chi connectivity index (χ4n) is 0. The van der Waals surface area contributed by atoms with Crippen molar-refractivity contribution in [3.8, 4) is 0 Å². The molecule has 0 aromatic heterocycles. The molecule has 7 heteroatoms. The molecular formula is C2H5NaO5S. The minimum absolute atomic E-state index is 0.164. The van der Waals surface area contributed by atoms with Crippen LogP contribution in [0.3, 0.4) is 0 Å². The van der Waals surface area contributed by atoms with Crippen LogP contribution in [0.4, 0.5) is 0 Å². The van der Waals surface area contributed by atoms with Crippen molar-refractivity contribution in [2.24, 2.45) is 0 Å². The van der Waals surface area contributed by atoms with Crippen LogP contribution in [0.1, 0.15) is 6.92 Å². The van der Waals surface area contributed by atoms with E-state index in [9.17, 15) is 8.42 Å². The molecule has 9 heavy (non-hydrogen) atoms. The molecule has 0 radical (unpaired) electrons. The maximum absolute atomic E-state index is 9.25. The molecule has 2 N–H and O–H groups in total. The standard InChI is InChI=1S/C2H4O2.Na.HO3S/c1-2(3)4;;1-4(2)3/h1H3,(H,3,4);;(H,1,2,3). The third kappa shape index (κ3) is 2360. The number of aliphatic carboxylic acids is 1. The fraction of sp³-hybridized carbons (Fsp3) is 0.500. The summed E-state index contributed by atoms with van der Waals surface area (Å²) in [6, 6.07) is 0. The van der Waals surface area contributed by atoms with E-state index in [2.05, 4.69) is 0 Å². The third-order valence-electron chi connectivity index (χ3n) is 0. The zero-order valence-electron chi connectivity index (χ0n) is 5.03. The molecule has 0 rings (SSSR count). The van der Waals surface area contributed by atoms with Gasteiger partial charge in [-0.3, -0.25) is 4.79 Å². The molecule has 0 bridgehead atoms. The summed E-state index contributed by atoms with van der Waals surface area (Å²) in [4.78, 5) is 9.00. The Morgan fingerprint density at radius 1 is 1.56 bits per heavy atom. The number of carboxylic acid groups (broad SMARTS) is 1. The van der Waals surface area contributed by atoms with Gasteiger partial charge in [-0.2, -0.15) is 0 Å². The number of hydrogen-bond acceptors (Lipinski definition) is 3. The van der Waals surface area contributed by atoms with Gasteiger partial charge < -0.3 is 5.11 Å². The van der Waals surface area contributed by atoms with Gasteiger partial charge in [-0.15, -0.1) is 0 Å². The molecule has 0 atom stereocenters. The maximum atomic E-state index is 9.25. The van der Waals surface area contributed by atoms with E-state index in [1.54, 1.807) is 0 Å². The number of carboxylic acids is 1. The van der Waals surface area contributed by atoms with Crippen molar-refractivity contribution >= 4 is 38.6 Å². The van der Waals surface area contributed by atoms with Crippen LogP contribution in [-0.4, -0.2) is 50.4 Å². The summed E-state index contributed by atoms with van der Waals surface area (Å²) in [6.07, 6.45) is -3.53. The minimum atomic E-state index is -3.53. The van der Waals surface area contributed by atoms with Crippen LogP contribution in [0.2, 0.25) is 0 Å². The molecule has 50 valence electrons. The molecule has 0 aromatic carbocycles. The van der Waals surface area contributed by atoms with Gasteiger partial charge in [0.25, 0.3) is 5.97 Å². The van der Waals surface area contributed by atoms with Gasteiger partial charge in [0.15, 0.2) is 0 Å². The van der Waals surface area contributed by atoms with Gasteiger partial charge in [0.05, 0.1) is 0 Å². The predicted octanol–water partition coefficient (Wildman–Crippen LogP) is -0.951. The Morgan fingerprint density at radius 3 is 1.56 bits per heavy atom. The van der Waals surface area contributed by atoms with E-state index in [-0.39, 0.29) is 26.4 Å². The Labute approximate surface area is 68.2 Å².